The molecule has 3 aromatic carbocycles. The topological polar surface area (TPSA) is 57.2 Å². The number of halogens is 2. The van der Waals surface area contributed by atoms with Crippen molar-refractivity contribution in [2.75, 3.05) is 32.8 Å². The molecular formula is C31H30Cl2N4O2. The maximum absolute atomic E-state index is 14.4. The van der Waals surface area contributed by atoms with Gasteiger partial charge < -0.3 is 15.0 Å². The van der Waals surface area contributed by atoms with Gasteiger partial charge in [-0.2, -0.15) is 0 Å². The number of ether oxygens (including phenoxy) is 1. The summed E-state index contributed by atoms with van der Waals surface area (Å²) >= 11 is 12.5. The maximum atomic E-state index is 14.4. The molecule has 200 valence electrons. The average Bonchev–Trinajstić information content (AvgIpc) is 3.13. The van der Waals surface area contributed by atoms with Gasteiger partial charge in [-0.25, -0.2) is 4.79 Å². The van der Waals surface area contributed by atoms with Crippen molar-refractivity contribution in [3.63, 3.8) is 0 Å². The van der Waals surface area contributed by atoms with Crippen LogP contribution in [0.2, 0.25) is 10.0 Å². The van der Waals surface area contributed by atoms with Crippen molar-refractivity contribution in [1.82, 2.24) is 15.1 Å². The minimum absolute atomic E-state index is 0.0997. The third-order valence-electron chi connectivity index (χ3n) is 7.00. The van der Waals surface area contributed by atoms with Gasteiger partial charge in [-0.15, -0.1) is 6.42 Å². The summed E-state index contributed by atoms with van der Waals surface area (Å²) in [5, 5.41) is 4.65. The monoisotopic (exact) mass is 560 g/mol. The highest BCUT2D eigenvalue weighted by Crippen LogP contribution is 2.45. The molecule has 1 fully saturated rings. The van der Waals surface area contributed by atoms with Gasteiger partial charge in [-0.05, 0) is 73.5 Å². The van der Waals surface area contributed by atoms with Crippen LogP contribution in [0.1, 0.15) is 47.7 Å². The highest BCUT2D eigenvalue weighted by molar-refractivity contribution is 6.30. The number of benzene rings is 3. The van der Waals surface area contributed by atoms with E-state index in [1.807, 2.05) is 83.5 Å². The molecule has 5 rings (SSSR count). The van der Waals surface area contributed by atoms with Gasteiger partial charge >= 0.3 is 6.03 Å². The second-order valence-electron chi connectivity index (χ2n) is 9.48. The molecule has 3 aromatic rings. The van der Waals surface area contributed by atoms with Gasteiger partial charge in [-0.3, -0.25) is 9.89 Å². The normalized spacial score (nSPS) is 19.3. The number of amides is 2. The van der Waals surface area contributed by atoms with E-state index >= 15 is 0 Å². The Kier molecular flexibility index (Phi) is 8.42. The van der Waals surface area contributed by atoms with Crippen molar-refractivity contribution in [2.45, 2.75) is 25.4 Å². The van der Waals surface area contributed by atoms with Crippen LogP contribution in [0.4, 0.5) is 4.79 Å². The molecule has 0 bridgehead atoms. The zero-order valence-corrected chi connectivity index (χ0v) is 23.3. The Morgan fingerprint density at radius 3 is 2.38 bits per heavy atom. The molecular weight excluding hydrogens is 531 g/mol. The van der Waals surface area contributed by atoms with Crippen LogP contribution >= 0.6 is 23.2 Å². The number of carbonyl (C=O) groups is 1. The standard InChI is InChI=1S/C31H30Cl2N4O2/c1-3-21-6-15-26(27(20-21)39-4-2)30-35-28(22-7-11-24(32)12-8-22)29(23-9-13-25(33)14-10-23)37(30)31(38)36-18-5-16-34-17-19-36/h1,6-15,20,28-29,34H,4-5,16-19H2,2H3/t28-,29+/m0/s1. The van der Waals surface area contributed by atoms with Crippen molar-refractivity contribution >= 4 is 35.1 Å². The van der Waals surface area contributed by atoms with Gasteiger partial charge in [0.05, 0.1) is 18.2 Å². The highest BCUT2D eigenvalue weighted by Gasteiger charge is 2.44. The molecule has 0 saturated carbocycles. The molecule has 0 unspecified atom stereocenters. The summed E-state index contributed by atoms with van der Waals surface area (Å²) in [5.74, 6) is 3.81. The fourth-order valence-corrected chi connectivity index (χ4v) is 5.37. The van der Waals surface area contributed by atoms with E-state index in [1.54, 1.807) is 0 Å². The van der Waals surface area contributed by atoms with Crippen LogP contribution in [-0.4, -0.2) is 54.5 Å². The Balaban J connectivity index is 1.70. The van der Waals surface area contributed by atoms with Crippen LogP contribution in [0, 0.1) is 12.3 Å². The second kappa shape index (κ2) is 12.1. The Labute approximate surface area is 239 Å². The summed E-state index contributed by atoms with van der Waals surface area (Å²) in [7, 11) is 0. The number of nitrogens with zero attached hydrogens (tertiary/aromatic N) is 3. The lowest BCUT2D eigenvalue weighted by molar-refractivity contribution is 0.166. The SMILES string of the molecule is C#Cc1ccc(C2=N[C@@H](c3ccc(Cl)cc3)[C@@H](c3ccc(Cl)cc3)N2C(=O)N2CCCNCC2)c(OCC)c1. The van der Waals surface area contributed by atoms with Gasteiger partial charge in [0.25, 0.3) is 0 Å². The van der Waals surface area contributed by atoms with Crippen LogP contribution in [0.25, 0.3) is 0 Å². The van der Waals surface area contributed by atoms with Crippen molar-refractivity contribution in [3.05, 3.63) is 99.0 Å². The predicted octanol–water partition coefficient (Wildman–Crippen LogP) is 6.33. The summed E-state index contributed by atoms with van der Waals surface area (Å²) in [6.07, 6.45) is 6.57. The molecule has 39 heavy (non-hydrogen) atoms. The van der Waals surface area contributed by atoms with Crippen molar-refractivity contribution < 1.29 is 9.53 Å². The number of amidine groups is 1. The molecule has 2 aliphatic heterocycles. The second-order valence-corrected chi connectivity index (χ2v) is 10.3. The molecule has 0 radical (unpaired) electrons. The Bertz CT molecular complexity index is 1390. The van der Waals surface area contributed by atoms with E-state index in [-0.39, 0.29) is 12.1 Å². The van der Waals surface area contributed by atoms with E-state index in [0.29, 0.717) is 52.5 Å². The molecule has 0 spiro atoms. The molecule has 2 heterocycles. The van der Waals surface area contributed by atoms with Crippen LogP contribution in [0.5, 0.6) is 5.75 Å². The summed E-state index contributed by atoms with van der Waals surface area (Å²) in [5.41, 5.74) is 3.29. The van der Waals surface area contributed by atoms with Crippen molar-refractivity contribution in [1.29, 1.82) is 0 Å². The molecule has 2 atom stereocenters. The number of aliphatic imine (C=N–C) groups is 1. The first kappa shape index (κ1) is 27.1. The Hall–Kier alpha value is -3.50. The fraction of sp³-hybridized carbons (Fsp3) is 0.290. The Morgan fingerprint density at radius 1 is 1.03 bits per heavy atom. The van der Waals surface area contributed by atoms with Gasteiger partial charge in [0.1, 0.15) is 17.6 Å². The summed E-state index contributed by atoms with van der Waals surface area (Å²) in [6.45, 7) is 5.24. The van der Waals surface area contributed by atoms with E-state index in [9.17, 15) is 4.79 Å². The zero-order chi connectivity index (χ0) is 27.4. The lowest BCUT2D eigenvalue weighted by Gasteiger charge is -2.34. The fourth-order valence-electron chi connectivity index (χ4n) is 5.12. The van der Waals surface area contributed by atoms with Gasteiger partial charge in [0, 0.05) is 35.2 Å². The smallest absolute Gasteiger partial charge is 0.326 e. The largest absolute Gasteiger partial charge is 0.493 e. The van der Waals surface area contributed by atoms with Crippen LogP contribution in [0.3, 0.4) is 0 Å². The van der Waals surface area contributed by atoms with E-state index < -0.39 is 6.04 Å². The number of hydrogen-bond acceptors (Lipinski definition) is 4. The first-order valence-electron chi connectivity index (χ1n) is 13.1. The molecule has 2 amide bonds. The van der Waals surface area contributed by atoms with Crippen molar-refractivity contribution in [2.24, 2.45) is 4.99 Å². The number of rotatable bonds is 5. The van der Waals surface area contributed by atoms with Gasteiger partial charge in [0.15, 0.2) is 0 Å². The molecule has 6 nitrogen and oxygen atoms in total. The van der Waals surface area contributed by atoms with Crippen molar-refractivity contribution in [3.8, 4) is 18.1 Å². The van der Waals surface area contributed by atoms with Gasteiger partial charge in [-0.1, -0.05) is 53.4 Å². The number of hydrogen-bond donors (Lipinski definition) is 1. The highest BCUT2D eigenvalue weighted by atomic mass is 35.5. The minimum Gasteiger partial charge on any atom is -0.493 e. The van der Waals surface area contributed by atoms with Crippen LogP contribution in [-0.2, 0) is 0 Å². The van der Waals surface area contributed by atoms with E-state index in [4.69, 9.17) is 39.4 Å². The maximum Gasteiger partial charge on any atom is 0.326 e. The molecule has 2 aliphatic rings. The van der Waals surface area contributed by atoms with Gasteiger partial charge in [0.2, 0.25) is 0 Å². The van der Waals surface area contributed by atoms with Crippen LogP contribution in [0.15, 0.2) is 71.7 Å². The van der Waals surface area contributed by atoms with E-state index in [0.717, 1.165) is 30.6 Å². The molecule has 0 aliphatic carbocycles. The first-order valence-corrected chi connectivity index (χ1v) is 13.9. The molecule has 1 saturated heterocycles. The third kappa shape index (κ3) is 5.77. The lowest BCUT2D eigenvalue weighted by Crippen LogP contribution is -2.47. The summed E-state index contributed by atoms with van der Waals surface area (Å²) in [4.78, 5) is 23.4. The number of urea groups is 1. The summed E-state index contributed by atoms with van der Waals surface area (Å²) in [6, 6.07) is 19.9. The Morgan fingerprint density at radius 2 is 1.72 bits per heavy atom. The van der Waals surface area contributed by atoms with Crippen LogP contribution < -0.4 is 10.1 Å². The lowest BCUT2D eigenvalue weighted by atomic mass is 9.93. The molecule has 0 aromatic heterocycles. The first-order chi connectivity index (χ1) is 19.0. The predicted molar refractivity (Wildman–Crippen MR) is 157 cm³/mol. The average molecular weight is 562 g/mol. The quantitative estimate of drug-likeness (QED) is 0.371. The number of terminal acetylenes is 1. The molecule has 1 N–H and O–H groups in total. The zero-order valence-electron chi connectivity index (χ0n) is 21.7. The summed E-state index contributed by atoms with van der Waals surface area (Å²) < 4.78 is 6.03. The minimum atomic E-state index is -0.413. The third-order valence-corrected chi connectivity index (χ3v) is 7.50. The van der Waals surface area contributed by atoms with E-state index in [1.165, 1.54) is 0 Å². The van der Waals surface area contributed by atoms with E-state index in [2.05, 4.69) is 11.2 Å². The number of carbonyl (C=O) groups excluding carboxylic acids is 1. The molecule has 8 heteroatoms. The number of nitrogens with one attached hydrogen (secondary N) is 1.